The van der Waals surface area contributed by atoms with E-state index in [-0.39, 0.29) is 18.1 Å². The summed E-state index contributed by atoms with van der Waals surface area (Å²) in [5.74, 6) is -0.286. The Kier molecular flexibility index (Phi) is 8.49. The Morgan fingerprint density at radius 1 is 1.24 bits per heavy atom. The molecular formula is C25H36N4O3Si. The lowest BCUT2D eigenvalue weighted by atomic mass is 10.1. The Hall–Kier alpha value is -2.44. The number of morpholine rings is 1. The van der Waals surface area contributed by atoms with Crippen LogP contribution in [0.4, 0.5) is 0 Å². The van der Waals surface area contributed by atoms with Crippen molar-refractivity contribution in [2.24, 2.45) is 0 Å². The molecule has 0 saturated carbocycles. The lowest BCUT2D eigenvalue weighted by molar-refractivity contribution is 0.0342. The Morgan fingerprint density at radius 2 is 1.97 bits per heavy atom. The molecule has 178 valence electrons. The molecule has 2 heterocycles. The van der Waals surface area contributed by atoms with E-state index >= 15 is 0 Å². The van der Waals surface area contributed by atoms with Crippen LogP contribution in [0.5, 0.6) is 0 Å². The largest absolute Gasteiger partial charge is 0.382 e. The molecule has 1 aliphatic rings. The summed E-state index contributed by atoms with van der Waals surface area (Å²) in [6.45, 7) is 12.1. The third-order valence-electron chi connectivity index (χ3n) is 5.68. The first kappa shape index (κ1) is 25.2. The van der Waals surface area contributed by atoms with E-state index in [1.807, 2.05) is 10.6 Å². The summed E-state index contributed by atoms with van der Waals surface area (Å²) in [5.41, 5.74) is 2.74. The van der Waals surface area contributed by atoms with Gasteiger partial charge >= 0.3 is 0 Å². The SMILES string of the molecule is CN(C)/C=C(/C#N)C(=O)c1cc2ccc(CN3CCOCC3)cc2n1COCC[Si](C)(C)C. The van der Waals surface area contributed by atoms with E-state index < -0.39 is 8.07 Å². The number of fused-ring (bicyclic) bond motifs is 1. The number of hydrogen-bond donors (Lipinski definition) is 0. The highest BCUT2D eigenvalue weighted by Gasteiger charge is 2.21. The number of rotatable bonds is 10. The Morgan fingerprint density at radius 3 is 2.61 bits per heavy atom. The van der Waals surface area contributed by atoms with Crippen molar-refractivity contribution in [2.75, 3.05) is 47.0 Å². The van der Waals surface area contributed by atoms with Crippen LogP contribution in [0.3, 0.4) is 0 Å². The lowest BCUT2D eigenvalue weighted by Crippen LogP contribution is -2.35. The molecule has 7 nitrogen and oxygen atoms in total. The van der Waals surface area contributed by atoms with Gasteiger partial charge in [-0.3, -0.25) is 9.69 Å². The normalized spacial score (nSPS) is 15.6. The van der Waals surface area contributed by atoms with Gasteiger partial charge in [-0.25, -0.2) is 0 Å². The number of carbonyl (C=O) groups is 1. The third-order valence-corrected chi connectivity index (χ3v) is 7.38. The second kappa shape index (κ2) is 11.1. The highest BCUT2D eigenvalue weighted by molar-refractivity contribution is 6.76. The maximum atomic E-state index is 13.3. The van der Waals surface area contributed by atoms with E-state index in [0.29, 0.717) is 12.3 Å². The average molecular weight is 469 g/mol. The first-order chi connectivity index (χ1) is 15.7. The highest BCUT2D eigenvalue weighted by atomic mass is 28.3. The van der Waals surface area contributed by atoms with E-state index in [0.717, 1.165) is 49.8 Å². The number of ketones is 1. The molecule has 1 aromatic carbocycles. The minimum atomic E-state index is -1.22. The molecule has 0 unspecified atom stereocenters. The maximum Gasteiger partial charge on any atom is 0.221 e. The van der Waals surface area contributed by atoms with Gasteiger partial charge in [0.1, 0.15) is 18.4 Å². The second-order valence-corrected chi connectivity index (χ2v) is 15.7. The van der Waals surface area contributed by atoms with E-state index in [1.54, 1.807) is 25.2 Å². The van der Waals surface area contributed by atoms with Crippen molar-refractivity contribution in [1.29, 1.82) is 5.26 Å². The van der Waals surface area contributed by atoms with Crippen LogP contribution < -0.4 is 0 Å². The van der Waals surface area contributed by atoms with Gasteiger partial charge in [-0.15, -0.1) is 0 Å². The van der Waals surface area contributed by atoms with Gasteiger partial charge in [-0.05, 0) is 23.7 Å². The zero-order valence-electron chi connectivity index (χ0n) is 20.6. The predicted molar refractivity (Wildman–Crippen MR) is 134 cm³/mol. The van der Waals surface area contributed by atoms with Crippen LogP contribution in [0.1, 0.15) is 16.1 Å². The van der Waals surface area contributed by atoms with E-state index in [4.69, 9.17) is 9.47 Å². The molecule has 0 aliphatic carbocycles. The molecule has 0 bridgehead atoms. The van der Waals surface area contributed by atoms with E-state index in [1.165, 1.54) is 5.56 Å². The predicted octanol–water partition coefficient (Wildman–Crippen LogP) is 3.94. The van der Waals surface area contributed by atoms with Crippen LogP contribution in [-0.4, -0.2) is 75.2 Å². The molecule has 0 spiro atoms. The van der Waals surface area contributed by atoms with Gasteiger partial charge in [0.15, 0.2) is 0 Å². The van der Waals surface area contributed by atoms with Crippen molar-refractivity contribution in [1.82, 2.24) is 14.4 Å². The summed E-state index contributed by atoms with van der Waals surface area (Å²) in [7, 11) is 2.39. The number of carbonyl (C=O) groups excluding carboxylic acids is 1. The Labute approximate surface area is 198 Å². The number of ether oxygens (including phenoxy) is 2. The molecule has 8 heteroatoms. The number of hydrogen-bond acceptors (Lipinski definition) is 6. The van der Waals surface area contributed by atoms with Gasteiger partial charge < -0.3 is 18.9 Å². The Bertz CT molecular complexity index is 1040. The fourth-order valence-electron chi connectivity index (χ4n) is 3.81. The molecular weight excluding hydrogens is 432 g/mol. The zero-order chi connectivity index (χ0) is 24.0. The number of nitriles is 1. The molecule has 0 radical (unpaired) electrons. The standard InChI is InChI=1S/C25H36N4O3Si/c1-27(2)18-22(16-26)25(30)24-15-21-7-6-20(17-28-8-10-31-11-9-28)14-23(21)29(24)19-32-12-13-33(3,4)5/h6-7,14-15,18H,8-13,17,19H2,1-5H3/b22-18-. The minimum Gasteiger partial charge on any atom is -0.382 e. The van der Waals surface area contributed by atoms with Crippen LogP contribution >= 0.6 is 0 Å². The fourth-order valence-corrected chi connectivity index (χ4v) is 4.57. The molecule has 0 amide bonds. The smallest absolute Gasteiger partial charge is 0.221 e. The van der Waals surface area contributed by atoms with Gasteiger partial charge in [0.05, 0.1) is 24.4 Å². The van der Waals surface area contributed by atoms with E-state index in [2.05, 4.69) is 48.8 Å². The average Bonchev–Trinajstić information content (AvgIpc) is 3.12. The van der Waals surface area contributed by atoms with Crippen LogP contribution in [-0.2, 0) is 22.7 Å². The van der Waals surface area contributed by atoms with Gasteiger partial charge in [-0.1, -0.05) is 31.8 Å². The fraction of sp³-hybridized carbons (Fsp3) is 0.520. The molecule has 2 aromatic rings. The summed E-state index contributed by atoms with van der Waals surface area (Å²) >= 11 is 0. The van der Waals surface area contributed by atoms with Crippen molar-refractivity contribution >= 4 is 24.8 Å². The summed E-state index contributed by atoms with van der Waals surface area (Å²) in [6.07, 6.45) is 1.57. The summed E-state index contributed by atoms with van der Waals surface area (Å²) in [5, 5.41) is 10.6. The van der Waals surface area contributed by atoms with Crippen molar-refractivity contribution in [3.63, 3.8) is 0 Å². The van der Waals surface area contributed by atoms with Gasteiger partial charge in [0.25, 0.3) is 0 Å². The number of allylic oxidation sites excluding steroid dienone is 1. The zero-order valence-corrected chi connectivity index (χ0v) is 21.6. The van der Waals surface area contributed by atoms with Gasteiger partial charge in [-0.2, -0.15) is 5.26 Å². The summed E-state index contributed by atoms with van der Waals surface area (Å²) < 4.78 is 13.4. The monoisotopic (exact) mass is 468 g/mol. The van der Waals surface area contributed by atoms with E-state index in [9.17, 15) is 10.1 Å². The van der Waals surface area contributed by atoms with Gasteiger partial charge in [0, 0.05) is 60.0 Å². The second-order valence-electron chi connectivity index (χ2n) is 10.0. The van der Waals surface area contributed by atoms with Crippen molar-refractivity contribution < 1.29 is 14.3 Å². The Balaban J connectivity index is 1.93. The number of aromatic nitrogens is 1. The van der Waals surface area contributed by atoms with Crippen LogP contribution in [0.25, 0.3) is 10.9 Å². The third kappa shape index (κ3) is 7.02. The topological polar surface area (TPSA) is 70.7 Å². The molecule has 0 N–H and O–H groups in total. The number of Topliss-reactive ketones (excluding diaryl/α,β-unsaturated/α-hetero) is 1. The highest BCUT2D eigenvalue weighted by Crippen LogP contribution is 2.25. The number of nitrogens with zero attached hydrogens (tertiary/aromatic N) is 4. The van der Waals surface area contributed by atoms with Crippen LogP contribution in [0.15, 0.2) is 36.0 Å². The maximum absolute atomic E-state index is 13.3. The summed E-state index contributed by atoms with van der Waals surface area (Å²) in [4.78, 5) is 17.4. The molecule has 33 heavy (non-hydrogen) atoms. The minimum absolute atomic E-state index is 0.111. The first-order valence-corrected chi connectivity index (χ1v) is 15.2. The number of benzene rings is 1. The molecule has 1 aliphatic heterocycles. The molecule has 1 saturated heterocycles. The van der Waals surface area contributed by atoms with Gasteiger partial charge in [0.2, 0.25) is 5.78 Å². The van der Waals surface area contributed by atoms with Crippen LogP contribution in [0, 0.1) is 11.3 Å². The van der Waals surface area contributed by atoms with Crippen LogP contribution in [0.2, 0.25) is 25.7 Å². The van der Waals surface area contributed by atoms with Crippen molar-refractivity contribution in [3.05, 3.63) is 47.3 Å². The molecule has 3 rings (SSSR count). The lowest BCUT2D eigenvalue weighted by Gasteiger charge is -2.26. The quantitative estimate of drug-likeness (QED) is 0.173. The molecule has 1 fully saturated rings. The van der Waals surface area contributed by atoms with Crippen molar-refractivity contribution in [3.8, 4) is 6.07 Å². The van der Waals surface area contributed by atoms with Crippen molar-refractivity contribution in [2.45, 2.75) is 39.0 Å². The molecule has 0 atom stereocenters. The molecule has 1 aromatic heterocycles. The summed E-state index contributed by atoms with van der Waals surface area (Å²) in [6, 6.07) is 11.3. The first-order valence-electron chi connectivity index (χ1n) is 11.5.